The molecule has 2 unspecified atom stereocenters. The molecule has 3 nitrogen and oxygen atoms in total. The molecule has 2 fully saturated rings. The lowest BCUT2D eigenvalue weighted by atomic mass is 9.95. The summed E-state index contributed by atoms with van der Waals surface area (Å²) >= 11 is 0. The van der Waals surface area contributed by atoms with E-state index in [0.717, 1.165) is 24.3 Å². The van der Waals surface area contributed by atoms with E-state index in [-0.39, 0.29) is 0 Å². The van der Waals surface area contributed by atoms with Crippen LogP contribution in [0.15, 0.2) is 18.2 Å². The van der Waals surface area contributed by atoms with Crippen LogP contribution in [0.5, 0.6) is 0 Å². The summed E-state index contributed by atoms with van der Waals surface area (Å²) in [6.45, 7) is 4.92. The van der Waals surface area contributed by atoms with Gasteiger partial charge in [-0.3, -0.25) is 9.80 Å². The second kappa shape index (κ2) is 4.50. The van der Waals surface area contributed by atoms with E-state index in [0.29, 0.717) is 0 Å². The summed E-state index contributed by atoms with van der Waals surface area (Å²) in [6.07, 6.45) is 5.32. The maximum Gasteiger partial charge on any atom is 0.0362 e. The fourth-order valence-electron chi connectivity index (χ4n) is 4.39. The first-order valence-corrected chi connectivity index (χ1v) is 7.67. The molecule has 4 rings (SSSR count). The zero-order valence-corrected chi connectivity index (χ0v) is 11.5. The monoisotopic (exact) mass is 257 g/mol. The summed E-state index contributed by atoms with van der Waals surface area (Å²) in [6, 6.07) is 8.00. The molecule has 1 aromatic carbocycles. The minimum Gasteiger partial charge on any atom is -0.398 e. The van der Waals surface area contributed by atoms with Gasteiger partial charge in [0.1, 0.15) is 0 Å². The highest BCUT2D eigenvalue weighted by Gasteiger charge is 2.40. The third-order valence-corrected chi connectivity index (χ3v) is 5.38. The Hall–Kier alpha value is -1.06. The van der Waals surface area contributed by atoms with E-state index in [1.54, 1.807) is 0 Å². The summed E-state index contributed by atoms with van der Waals surface area (Å²) in [5.41, 5.74) is 10.0. The number of rotatable bonds is 1. The van der Waals surface area contributed by atoms with E-state index in [1.807, 2.05) is 0 Å². The van der Waals surface area contributed by atoms with Crippen molar-refractivity contribution in [1.82, 2.24) is 9.80 Å². The standard InChI is InChI=1S/C16H23N3/c17-14-4-1-3-12-6-9-19(11-13(12)14)16-7-10-18-8-2-5-15(16)18/h1,3-4,15-16H,2,5-11,17H2. The van der Waals surface area contributed by atoms with Crippen LogP contribution in [0, 0.1) is 0 Å². The molecule has 19 heavy (non-hydrogen) atoms. The number of anilines is 1. The van der Waals surface area contributed by atoms with Crippen LogP contribution in [0.3, 0.4) is 0 Å². The van der Waals surface area contributed by atoms with Gasteiger partial charge in [-0.2, -0.15) is 0 Å². The minimum absolute atomic E-state index is 0.773. The molecule has 3 aliphatic rings. The molecule has 0 radical (unpaired) electrons. The molecule has 1 aromatic rings. The predicted octanol–water partition coefficient (Wildman–Crippen LogP) is 1.86. The Morgan fingerprint density at radius 3 is 2.84 bits per heavy atom. The zero-order valence-electron chi connectivity index (χ0n) is 11.5. The molecule has 3 heterocycles. The van der Waals surface area contributed by atoms with Crippen molar-refractivity contribution in [3.05, 3.63) is 29.3 Å². The highest BCUT2D eigenvalue weighted by Crippen LogP contribution is 2.34. The molecule has 2 N–H and O–H groups in total. The number of hydrogen-bond acceptors (Lipinski definition) is 3. The molecule has 3 heteroatoms. The molecule has 2 atom stereocenters. The molecular weight excluding hydrogens is 234 g/mol. The molecule has 0 spiro atoms. The van der Waals surface area contributed by atoms with Crippen LogP contribution < -0.4 is 5.73 Å². The summed E-state index contributed by atoms with van der Waals surface area (Å²) in [5, 5.41) is 0. The second-order valence-electron chi connectivity index (χ2n) is 6.31. The largest absolute Gasteiger partial charge is 0.398 e. The minimum atomic E-state index is 0.773. The van der Waals surface area contributed by atoms with Crippen molar-refractivity contribution in [3.63, 3.8) is 0 Å². The summed E-state index contributed by atoms with van der Waals surface area (Å²) in [7, 11) is 0. The molecular formula is C16H23N3. The number of benzene rings is 1. The van der Waals surface area contributed by atoms with Crippen LogP contribution >= 0.6 is 0 Å². The topological polar surface area (TPSA) is 32.5 Å². The quantitative estimate of drug-likeness (QED) is 0.780. The Morgan fingerprint density at radius 2 is 1.89 bits per heavy atom. The first-order valence-electron chi connectivity index (χ1n) is 7.67. The molecule has 0 saturated carbocycles. The van der Waals surface area contributed by atoms with Gasteiger partial charge in [-0.15, -0.1) is 0 Å². The summed E-state index contributed by atoms with van der Waals surface area (Å²) in [5.74, 6) is 0. The van der Waals surface area contributed by atoms with Crippen molar-refractivity contribution < 1.29 is 0 Å². The molecule has 2 saturated heterocycles. The van der Waals surface area contributed by atoms with Crippen LogP contribution in [0.25, 0.3) is 0 Å². The fraction of sp³-hybridized carbons (Fsp3) is 0.625. The van der Waals surface area contributed by atoms with Crippen molar-refractivity contribution in [3.8, 4) is 0 Å². The van der Waals surface area contributed by atoms with Crippen LogP contribution in [0.4, 0.5) is 5.69 Å². The predicted molar refractivity (Wildman–Crippen MR) is 78.0 cm³/mol. The van der Waals surface area contributed by atoms with Crippen molar-refractivity contribution in [2.24, 2.45) is 0 Å². The van der Waals surface area contributed by atoms with E-state index in [1.165, 1.54) is 56.4 Å². The maximum absolute atomic E-state index is 6.17. The highest BCUT2D eigenvalue weighted by molar-refractivity contribution is 5.51. The summed E-state index contributed by atoms with van der Waals surface area (Å²) in [4.78, 5) is 5.41. The van der Waals surface area contributed by atoms with Gasteiger partial charge in [-0.05, 0) is 49.4 Å². The molecule has 0 aliphatic carbocycles. The van der Waals surface area contributed by atoms with Crippen LogP contribution in [0.1, 0.15) is 30.4 Å². The Morgan fingerprint density at radius 1 is 1.00 bits per heavy atom. The number of fused-ring (bicyclic) bond motifs is 2. The van der Waals surface area contributed by atoms with Gasteiger partial charge in [0, 0.05) is 37.4 Å². The van der Waals surface area contributed by atoms with E-state index < -0.39 is 0 Å². The second-order valence-corrected chi connectivity index (χ2v) is 6.31. The lowest BCUT2D eigenvalue weighted by molar-refractivity contribution is 0.146. The SMILES string of the molecule is Nc1cccc2c1CN(C1CCN3CCCC13)CC2. The van der Waals surface area contributed by atoms with E-state index >= 15 is 0 Å². The van der Waals surface area contributed by atoms with Crippen molar-refractivity contribution >= 4 is 5.69 Å². The van der Waals surface area contributed by atoms with Gasteiger partial charge in [-0.25, -0.2) is 0 Å². The lowest BCUT2D eigenvalue weighted by Gasteiger charge is -2.37. The molecule has 0 bridgehead atoms. The number of nitrogens with zero attached hydrogens (tertiary/aromatic N) is 2. The van der Waals surface area contributed by atoms with Gasteiger partial charge in [0.05, 0.1) is 0 Å². The average molecular weight is 257 g/mol. The zero-order chi connectivity index (χ0) is 12.8. The highest BCUT2D eigenvalue weighted by atomic mass is 15.3. The Balaban J connectivity index is 1.57. The smallest absolute Gasteiger partial charge is 0.0362 e. The summed E-state index contributed by atoms with van der Waals surface area (Å²) < 4.78 is 0. The number of hydrogen-bond donors (Lipinski definition) is 1. The van der Waals surface area contributed by atoms with E-state index in [2.05, 4.69) is 28.0 Å². The normalized spacial score (nSPS) is 31.4. The number of nitrogen functional groups attached to an aromatic ring is 1. The van der Waals surface area contributed by atoms with Crippen LogP contribution in [0.2, 0.25) is 0 Å². The Kier molecular flexibility index (Phi) is 2.78. The van der Waals surface area contributed by atoms with Crippen LogP contribution in [-0.4, -0.2) is 41.5 Å². The van der Waals surface area contributed by atoms with Gasteiger partial charge in [-0.1, -0.05) is 12.1 Å². The van der Waals surface area contributed by atoms with Crippen LogP contribution in [-0.2, 0) is 13.0 Å². The maximum atomic E-state index is 6.17. The fourth-order valence-corrected chi connectivity index (χ4v) is 4.39. The first kappa shape index (κ1) is 11.7. The third-order valence-electron chi connectivity index (χ3n) is 5.38. The van der Waals surface area contributed by atoms with E-state index in [9.17, 15) is 0 Å². The van der Waals surface area contributed by atoms with Gasteiger partial charge < -0.3 is 5.73 Å². The third kappa shape index (κ3) is 1.87. The van der Waals surface area contributed by atoms with Gasteiger partial charge in [0.15, 0.2) is 0 Å². The van der Waals surface area contributed by atoms with Gasteiger partial charge >= 0.3 is 0 Å². The Labute approximate surface area is 115 Å². The van der Waals surface area contributed by atoms with Crippen molar-refractivity contribution in [1.29, 1.82) is 0 Å². The Bertz CT molecular complexity index is 485. The van der Waals surface area contributed by atoms with E-state index in [4.69, 9.17) is 5.73 Å². The van der Waals surface area contributed by atoms with Crippen molar-refractivity contribution in [2.75, 3.05) is 25.4 Å². The molecule has 3 aliphatic heterocycles. The van der Waals surface area contributed by atoms with Crippen molar-refractivity contribution in [2.45, 2.75) is 44.3 Å². The lowest BCUT2D eigenvalue weighted by Crippen LogP contribution is -2.45. The molecule has 0 amide bonds. The molecule has 0 aromatic heterocycles. The van der Waals surface area contributed by atoms with Gasteiger partial charge in [0.2, 0.25) is 0 Å². The molecule has 102 valence electrons. The average Bonchev–Trinajstić information content (AvgIpc) is 3.01. The van der Waals surface area contributed by atoms with Gasteiger partial charge in [0.25, 0.3) is 0 Å². The first-order chi connectivity index (χ1) is 9.33. The number of nitrogens with two attached hydrogens (primary N) is 1.